The van der Waals surface area contributed by atoms with E-state index in [2.05, 4.69) is 0 Å². The maximum atomic E-state index is 13.1. The number of aliphatic hydroxyl groups excluding tert-OH is 1. The van der Waals surface area contributed by atoms with Crippen LogP contribution in [0.2, 0.25) is 5.02 Å². The summed E-state index contributed by atoms with van der Waals surface area (Å²) in [4.78, 5) is 27.5. The van der Waals surface area contributed by atoms with E-state index < -0.39 is 17.7 Å². The van der Waals surface area contributed by atoms with E-state index in [1.54, 1.807) is 42.5 Å². The molecule has 1 aromatic heterocycles. The van der Waals surface area contributed by atoms with Gasteiger partial charge in [-0.25, -0.2) is 0 Å². The number of ketones is 1. The van der Waals surface area contributed by atoms with E-state index >= 15 is 0 Å². The van der Waals surface area contributed by atoms with Gasteiger partial charge in [-0.3, -0.25) is 9.59 Å². The van der Waals surface area contributed by atoms with Gasteiger partial charge in [0.05, 0.1) is 36.1 Å². The van der Waals surface area contributed by atoms with E-state index in [0.29, 0.717) is 35.2 Å². The molecule has 2 heterocycles. The molecular formula is C26H24ClNO6. The van der Waals surface area contributed by atoms with Crippen molar-refractivity contribution in [1.82, 2.24) is 4.90 Å². The zero-order chi connectivity index (χ0) is 24.4. The number of nitrogens with zero attached hydrogens (tertiary/aromatic N) is 1. The van der Waals surface area contributed by atoms with Gasteiger partial charge in [-0.15, -0.1) is 0 Å². The summed E-state index contributed by atoms with van der Waals surface area (Å²) < 4.78 is 11.1. The summed E-state index contributed by atoms with van der Waals surface area (Å²) in [6.07, 6.45) is 1.47. The van der Waals surface area contributed by atoms with Gasteiger partial charge in [0.2, 0.25) is 0 Å². The molecule has 2 N–H and O–H groups in total. The van der Waals surface area contributed by atoms with E-state index in [-0.39, 0.29) is 28.6 Å². The van der Waals surface area contributed by atoms with Crippen molar-refractivity contribution in [2.24, 2.45) is 5.92 Å². The number of amides is 1. The highest BCUT2D eigenvalue weighted by atomic mass is 35.5. The number of likely N-dealkylation sites (tertiary alicyclic amines) is 1. The molecule has 1 unspecified atom stereocenters. The summed E-state index contributed by atoms with van der Waals surface area (Å²) in [6.45, 7) is 4.54. The lowest BCUT2D eigenvalue weighted by Gasteiger charge is -2.24. The van der Waals surface area contributed by atoms with Crippen LogP contribution in [0.25, 0.3) is 5.76 Å². The molecule has 8 heteroatoms. The lowest BCUT2D eigenvalue weighted by atomic mass is 9.95. The molecule has 0 radical (unpaired) electrons. The predicted molar refractivity (Wildman–Crippen MR) is 126 cm³/mol. The minimum absolute atomic E-state index is 0.00898. The first kappa shape index (κ1) is 23.4. The normalized spacial score (nSPS) is 17.5. The standard InChI is InChI=1S/C26H24ClNO6/c1-15(2)14-34-18-6-3-5-17(11-18)24(30)22-23(16-8-9-21(29)20(27)12-16)28(26(32)25(22)31)13-19-7-4-10-33-19/h3-12,15,23,29-30H,13-14H2,1-2H3/b24-22-. The van der Waals surface area contributed by atoms with Crippen molar-refractivity contribution < 1.29 is 29.0 Å². The number of benzene rings is 2. The minimum Gasteiger partial charge on any atom is -0.507 e. The Balaban J connectivity index is 1.82. The fourth-order valence-corrected chi connectivity index (χ4v) is 3.99. The summed E-state index contributed by atoms with van der Waals surface area (Å²) in [6, 6.07) is 13.6. The van der Waals surface area contributed by atoms with Crippen LogP contribution in [0.1, 0.15) is 36.8 Å². The van der Waals surface area contributed by atoms with Crippen LogP contribution in [-0.2, 0) is 16.1 Å². The Hall–Kier alpha value is -3.71. The van der Waals surface area contributed by atoms with Crippen molar-refractivity contribution in [2.75, 3.05) is 6.61 Å². The lowest BCUT2D eigenvalue weighted by molar-refractivity contribution is -0.140. The highest BCUT2D eigenvalue weighted by Gasteiger charge is 2.46. The predicted octanol–water partition coefficient (Wildman–Crippen LogP) is 5.30. The van der Waals surface area contributed by atoms with Crippen molar-refractivity contribution >= 4 is 29.1 Å². The second kappa shape index (κ2) is 9.65. The maximum Gasteiger partial charge on any atom is 0.296 e. The smallest absolute Gasteiger partial charge is 0.296 e. The van der Waals surface area contributed by atoms with Crippen LogP contribution in [0, 0.1) is 5.92 Å². The largest absolute Gasteiger partial charge is 0.507 e. The van der Waals surface area contributed by atoms with Gasteiger partial charge in [0.1, 0.15) is 23.0 Å². The Kier molecular flexibility index (Phi) is 6.65. The summed E-state index contributed by atoms with van der Waals surface area (Å²) in [5.41, 5.74) is 0.716. The molecule has 1 amide bonds. The van der Waals surface area contributed by atoms with Gasteiger partial charge < -0.3 is 24.3 Å². The lowest BCUT2D eigenvalue weighted by Crippen LogP contribution is -2.29. The molecule has 1 atom stereocenters. The van der Waals surface area contributed by atoms with Crippen molar-refractivity contribution in [3.05, 3.63) is 88.3 Å². The highest BCUT2D eigenvalue weighted by molar-refractivity contribution is 6.46. The zero-order valence-corrected chi connectivity index (χ0v) is 19.5. The molecule has 1 fully saturated rings. The van der Waals surface area contributed by atoms with Crippen LogP contribution in [0.5, 0.6) is 11.5 Å². The maximum absolute atomic E-state index is 13.1. The monoisotopic (exact) mass is 481 g/mol. The van der Waals surface area contributed by atoms with Gasteiger partial charge in [-0.2, -0.15) is 0 Å². The molecule has 0 saturated carbocycles. The number of aromatic hydroxyl groups is 1. The molecule has 0 spiro atoms. The zero-order valence-electron chi connectivity index (χ0n) is 18.7. The van der Waals surface area contributed by atoms with E-state index in [1.807, 2.05) is 13.8 Å². The number of halogens is 1. The van der Waals surface area contributed by atoms with Gasteiger partial charge in [-0.05, 0) is 47.9 Å². The number of phenolic OH excluding ortho intramolecular Hbond substituents is 1. The van der Waals surface area contributed by atoms with Crippen molar-refractivity contribution in [3.63, 3.8) is 0 Å². The van der Waals surface area contributed by atoms with E-state index in [4.69, 9.17) is 20.8 Å². The molecule has 7 nitrogen and oxygen atoms in total. The molecule has 1 saturated heterocycles. The third-order valence-electron chi connectivity index (χ3n) is 5.42. The first-order valence-corrected chi connectivity index (χ1v) is 11.2. The Bertz CT molecular complexity index is 1250. The van der Waals surface area contributed by atoms with Gasteiger partial charge in [-0.1, -0.05) is 43.6 Å². The molecule has 4 rings (SSSR count). The van der Waals surface area contributed by atoms with E-state index in [1.165, 1.54) is 23.3 Å². The first-order chi connectivity index (χ1) is 16.3. The van der Waals surface area contributed by atoms with Crippen LogP contribution in [-0.4, -0.2) is 33.4 Å². The number of hydrogen-bond donors (Lipinski definition) is 2. The average molecular weight is 482 g/mol. The van der Waals surface area contributed by atoms with Crippen LogP contribution in [0.15, 0.2) is 70.9 Å². The molecule has 3 aromatic rings. The fraction of sp³-hybridized carbons (Fsp3) is 0.231. The van der Waals surface area contributed by atoms with Gasteiger partial charge >= 0.3 is 0 Å². The Morgan fingerprint density at radius 3 is 2.62 bits per heavy atom. The number of phenols is 1. The molecule has 1 aliphatic heterocycles. The number of ether oxygens (including phenoxy) is 1. The quantitative estimate of drug-likeness (QED) is 0.270. The summed E-state index contributed by atoms with van der Waals surface area (Å²) in [5, 5.41) is 21.2. The van der Waals surface area contributed by atoms with Crippen LogP contribution in [0.4, 0.5) is 0 Å². The Morgan fingerprint density at radius 2 is 1.94 bits per heavy atom. The summed E-state index contributed by atoms with van der Waals surface area (Å²) in [7, 11) is 0. The number of hydrogen-bond acceptors (Lipinski definition) is 6. The summed E-state index contributed by atoms with van der Waals surface area (Å²) >= 11 is 6.13. The molecule has 176 valence electrons. The number of Topliss-reactive ketones (excluding diaryl/α,β-unsaturated/α-hetero) is 1. The van der Waals surface area contributed by atoms with Crippen molar-refractivity contribution in [3.8, 4) is 11.5 Å². The number of carbonyl (C=O) groups is 2. The highest BCUT2D eigenvalue weighted by Crippen LogP contribution is 2.42. The second-order valence-corrected chi connectivity index (χ2v) is 8.86. The fourth-order valence-electron chi connectivity index (χ4n) is 3.80. The van der Waals surface area contributed by atoms with Gasteiger partial charge in [0, 0.05) is 5.56 Å². The minimum atomic E-state index is -0.941. The van der Waals surface area contributed by atoms with Crippen LogP contribution >= 0.6 is 11.6 Å². The molecule has 0 aliphatic carbocycles. The first-order valence-electron chi connectivity index (χ1n) is 10.8. The Labute approximate surface area is 201 Å². The third-order valence-corrected chi connectivity index (χ3v) is 5.73. The third kappa shape index (κ3) is 4.65. The molecule has 34 heavy (non-hydrogen) atoms. The van der Waals surface area contributed by atoms with E-state index in [0.717, 1.165) is 0 Å². The Morgan fingerprint density at radius 1 is 1.15 bits per heavy atom. The van der Waals surface area contributed by atoms with E-state index in [9.17, 15) is 19.8 Å². The van der Waals surface area contributed by atoms with Gasteiger partial charge in [0.15, 0.2) is 0 Å². The molecule has 1 aliphatic rings. The van der Waals surface area contributed by atoms with Crippen molar-refractivity contribution in [2.45, 2.75) is 26.4 Å². The van der Waals surface area contributed by atoms with Crippen LogP contribution in [0.3, 0.4) is 0 Å². The average Bonchev–Trinajstić information content (AvgIpc) is 3.42. The number of furan rings is 1. The molecule has 2 aromatic carbocycles. The van der Waals surface area contributed by atoms with Crippen molar-refractivity contribution in [1.29, 1.82) is 0 Å². The SMILES string of the molecule is CC(C)COc1cccc(/C(O)=C2/C(=O)C(=O)N(Cc3ccco3)C2c2ccc(O)c(Cl)c2)c1. The number of rotatable bonds is 7. The molecule has 0 bridgehead atoms. The second-order valence-electron chi connectivity index (χ2n) is 8.45. The summed E-state index contributed by atoms with van der Waals surface area (Å²) in [5.74, 6) is -0.755. The number of aliphatic hydroxyl groups is 1. The van der Waals surface area contributed by atoms with Crippen LogP contribution < -0.4 is 4.74 Å². The molecular weight excluding hydrogens is 458 g/mol. The van der Waals surface area contributed by atoms with Gasteiger partial charge in [0.25, 0.3) is 11.7 Å². The topological polar surface area (TPSA) is 100 Å². The number of carbonyl (C=O) groups excluding carboxylic acids is 2.